The zero-order chi connectivity index (χ0) is 23.5. The first-order chi connectivity index (χ1) is 15.2. The monoisotopic (exact) mass is 462 g/mol. The smallest absolute Gasteiger partial charge is 0.325 e. The first-order valence-electron chi connectivity index (χ1n) is 11.5. The van der Waals surface area contributed by atoms with E-state index in [0.717, 1.165) is 6.42 Å². The lowest BCUT2D eigenvalue weighted by Gasteiger charge is -2.41. The predicted molar refractivity (Wildman–Crippen MR) is 126 cm³/mol. The number of amides is 4. The molecule has 2 aliphatic heterocycles. The number of hydrogen-bond donors (Lipinski definition) is 1. The van der Waals surface area contributed by atoms with E-state index >= 15 is 0 Å². The van der Waals surface area contributed by atoms with Gasteiger partial charge in [-0.25, -0.2) is 4.79 Å². The van der Waals surface area contributed by atoms with Crippen molar-refractivity contribution in [2.75, 3.05) is 40.3 Å². The van der Waals surface area contributed by atoms with E-state index in [1.165, 1.54) is 4.90 Å². The van der Waals surface area contributed by atoms with Gasteiger partial charge in [0, 0.05) is 26.2 Å². The Labute approximate surface area is 196 Å². The SMILES string of the molecule is CC(C)CC[C@@]1(C2CCN(C(=O)c3ccccc3Cl)CC2)NC(=O)N(CCN(C)C)C1=O. The number of urea groups is 1. The van der Waals surface area contributed by atoms with E-state index in [2.05, 4.69) is 19.2 Å². The molecule has 0 saturated carbocycles. The molecule has 32 heavy (non-hydrogen) atoms. The molecule has 1 N–H and O–H groups in total. The Morgan fingerprint density at radius 3 is 2.47 bits per heavy atom. The lowest BCUT2D eigenvalue weighted by Crippen LogP contribution is -2.56. The summed E-state index contributed by atoms with van der Waals surface area (Å²) in [6.45, 7) is 6.35. The van der Waals surface area contributed by atoms with Crippen LogP contribution in [0.25, 0.3) is 0 Å². The lowest BCUT2D eigenvalue weighted by molar-refractivity contribution is -0.134. The number of likely N-dealkylation sites (N-methyl/N-ethyl adjacent to an activating group) is 1. The average molecular weight is 463 g/mol. The van der Waals surface area contributed by atoms with Gasteiger partial charge in [0.25, 0.3) is 11.8 Å². The van der Waals surface area contributed by atoms with E-state index in [1.54, 1.807) is 23.1 Å². The average Bonchev–Trinajstić information content (AvgIpc) is 3.00. The van der Waals surface area contributed by atoms with Gasteiger partial charge in [-0.2, -0.15) is 0 Å². The number of hydrogen-bond acceptors (Lipinski definition) is 4. The summed E-state index contributed by atoms with van der Waals surface area (Å²) in [5.74, 6) is 0.229. The molecule has 176 valence electrons. The zero-order valence-corrected chi connectivity index (χ0v) is 20.3. The molecule has 1 aromatic carbocycles. The van der Waals surface area contributed by atoms with Crippen molar-refractivity contribution in [1.82, 2.24) is 20.0 Å². The Balaban J connectivity index is 1.75. The van der Waals surface area contributed by atoms with Crippen molar-refractivity contribution in [3.8, 4) is 0 Å². The van der Waals surface area contributed by atoms with Gasteiger partial charge in [-0.15, -0.1) is 0 Å². The molecule has 0 spiro atoms. The number of nitrogens with zero attached hydrogens (tertiary/aromatic N) is 3. The molecule has 2 heterocycles. The van der Waals surface area contributed by atoms with Gasteiger partial charge in [0.1, 0.15) is 5.54 Å². The molecule has 1 aromatic rings. The van der Waals surface area contributed by atoms with Crippen LogP contribution in [-0.2, 0) is 4.79 Å². The van der Waals surface area contributed by atoms with E-state index in [0.29, 0.717) is 61.9 Å². The summed E-state index contributed by atoms with van der Waals surface area (Å²) in [4.78, 5) is 44.5. The van der Waals surface area contributed by atoms with Crippen LogP contribution in [0.2, 0.25) is 5.02 Å². The molecule has 2 fully saturated rings. The molecule has 4 amide bonds. The van der Waals surface area contributed by atoms with Crippen LogP contribution in [0.15, 0.2) is 24.3 Å². The van der Waals surface area contributed by atoms with Crippen LogP contribution in [0, 0.1) is 11.8 Å². The van der Waals surface area contributed by atoms with Crippen LogP contribution in [0.5, 0.6) is 0 Å². The Hall–Kier alpha value is -2.12. The molecule has 0 bridgehead atoms. The van der Waals surface area contributed by atoms with Crippen LogP contribution in [0.4, 0.5) is 4.79 Å². The summed E-state index contributed by atoms with van der Waals surface area (Å²) in [5, 5.41) is 3.54. The number of benzene rings is 1. The third kappa shape index (κ3) is 5.09. The van der Waals surface area contributed by atoms with Crippen LogP contribution >= 0.6 is 11.6 Å². The summed E-state index contributed by atoms with van der Waals surface area (Å²) >= 11 is 6.22. The molecule has 3 rings (SSSR count). The van der Waals surface area contributed by atoms with Gasteiger partial charge >= 0.3 is 6.03 Å². The van der Waals surface area contributed by atoms with Crippen LogP contribution in [0.1, 0.15) is 49.9 Å². The van der Waals surface area contributed by atoms with Crippen molar-refractivity contribution in [2.45, 2.75) is 45.1 Å². The van der Waals surface area contributed by atoms with Gasteiger partial charge in [0.05, 0.1) is 10.6 Å². The number of imide groups is 1. The maximum atomic E-state index is 13.6. The molecule has 7 nitrogen and oxygen atoms in total. The molecular weight excluding hydrogens is 428 g/mol. The second-order valence-corrected chi connectivity index (χ2v) is 10.0. The largest absolute Gasteiger partial charge is 0.339 e. The number of likely N-dealkylation sites (tertiary alicyclic amines) is 1. The van der Waals surface area contributed by atoms with Crippen molar-refractivity contribution in [2.24, 2.45) is 11.8 Å². The molecule has 0 unspecified atom stereocenters. The van der Waals surface area contributed by atoms with Crippen molar-refractivity contribution in [3.05, 3.63) is 34.9 Å². The number of nitrogens with one attached hydrogen (secondary N) is 1. The minimum Gasteiger partial charge on any atom is -0.339 e. The molecule has 2 aliphatic rings. The lowest BCUT2D eigenvalue weighted by atomic mass is 9.73. The van der Waals surface area contributed by atoms with Crippen molar-refractivity contribution in [3.63, 3.8) is 0 Å². The Morgan fingerprint density at radius 2 is 1.88 bits per heavy atom. The van der Waals surface area contributed by atoms with Crippen LogP contribution in [-0.4, -0.2) is 78.4 Å². The normalized spacial score (nSPS) is 22.2. The second-order valence-electron chi connectivity index (χ2n) is 9.64. The molecule has 8 heteroatoms. The fraction of sp³-hybridized carbons (Fsp3) is 0.625. The maximum absolute atomic E-state index is 13.6. The molecule has 0 radical (unpaired) electrons. The maximum Gasteiger partial charge on any atom is 0.325 e. The standard InChI is InChI=1S/C24H35ClN4O3/c1-17(2)9-12-24(22(31)29(23(32)26-24)16-15-27(3)4)18-10-13-28(14-11-18)21(30)19-7-5-6-8-20(19)25/h5-8,17-18H,9-16H2,1-4H3,(H,26,32)/t24-/m0/s1. The summed E-state index contributed by atoms with van der Waals surface area (Å²) in [6, 6.07) is 6.78. The first-order valence-corrected chi connectivity index (χ1v) is 11.9. The van der Waals surface area contributed by atoms with Crippen molar-refractivity contribution in [1.29, 1.82) is 0 Å². The summed E-state index contributed by atoms with van der Waals surface area (Å²) < 4.78 is 0. The third-order valence-corrected chi connectivity index (χ3v) is 7.00. The number of carbonyl (C=O) groups excluding carboxylic acids is 3. The van der Waals surface area contributed by atoms with Crippen LogP contribution in [0.3, 0.4) is 0 Å². The highest BCUT2D eigenvalue weighted by Gasteiger charge is 2.55. The molecule has 1 atom stereocenters. The van der Waals surface area contributed by atoms with E-state index < -0.39 is 5.54 Å². The number of rotatable bonds is 8. The Kier molecular flexibility index (Phi) is 7.83. The highest BCUT2D eigenvalue weighted by molar-refractivity contribution is 6.33. The summed E-state index contributed by atoms with van der Waals surface area (Å²) in [5.41, 5.74) is -0.380. The van der Waals surface area contributed by atoms with E-state index in [1.807, 2.05) is 25.1 Å². The quantitative estimate of drug-likeness (QED) is 0.600. The van der Waals surface area contributed by atoms with Crippen molar-refractivity contribution >= 4 is 29.4 Å². The minimum atomic E-state index is -0.882. The Bertz CT molecular complexity index is 851. The van der Waals surface area contributed by atoms with Gasteiger partial charge in [0.2, 0.25) is 0 Å². The number of halogens is 1. The first kappa shape index (κ1) is 24.5. The Morgan fingerprint density at radius 1 is 1.22 bits per heavy atom. The second kappa shape index (κ2) is 10.2. The fourth-order valence-corrected chi connectivity index (χ4v) is 4.91. The molecule has 0 aliphatic carbocycles. The highest BCUT2D eigenvalue weighted by atomic mass is 35.5. The van der Waals surface area contributed by atoms with Gasteiger partial charge < -0.3 is 15.1 Å². The van der Waals surface area contributed by atoms with E-state index in [9.17, 15) is 14.4 Å². The van der Waals surface area contributed by atoms with E-state index in [-0.39, 0.29) is 23.8 Å². The summed E-state index contributed by atoms with van der Waals surface area (Å²) in [6.07, 6.45) is 2.81. The van der Waals surface area contributed by atoms with Crippen molar-refractivity contribution < 1.29 is 14.4 Å². The fourth-order valence-electron chi connectivity index (χ4n) is 4.69. The molecular formula is C24H35ClN4O3. The topological polar surface area (TPSA) is 73.0 Å². The summed E-state index contributed by atoms with van der Waals surface area (Å²) in [7, 11) is 3.85. The highest BCUT2D eigenvalue weighted by Crippen LogP contribution is 2.38. The van der Waals surface area contributed by atoms with E-state index in [4.69, 9.17) is 11.6 Å². The van der Waals surface area contributed by atoms with Crippen LogP contribution < -0.4 is 5.32 Å². The molecule has 0 aromatic heterocycles. The minimum absolute atomic E-state index is 0.00245. The van der Waals surface area contributed by atoms with Gasteiger partial charge in [-0.05, 0) is 63.7 Å². The number of piperidine rings is 1. The van der Waals surface area contributed by atoms with Gasteiger partial charge in [-0.1, -0.05) is 37.6 Å². The third-order valence-electron chi connectivity index (χ3n) is 6.67. The number of carbonyl (C=O) groups is 3. The van der Waals surface area contributed by atoms with Gasteiger partial charge in [0.15, 0.2) is 0 Å². The molecule has 2 saturated heterocycles. The predicted octanol–water partition coefficient (Wildman–Crippen LogP) is 3.48. The van der Waals surface area contributed by atoms with Gasteiger partial charge in [-0.3, -0.25) is 14.5 Å². The zero-order valence-electron chi connectivity index (χ0n) is 19.6.